The molecule has 0 aromatic carbocycles. The molecule has 0 saturated carbocycles. The van der Waals surface area contributed by atoms with Crippen molar-refractivity contribution in [3.63, 3.8) is 0 Å². The van der Waals surface area contributed by atoms with Crippen molar-refractivity contribution in [3.05, 3.63) is 36.8 Å². The summed E-state index contributed by atoms with van der Waals surface area (Å²) in [4.78, 5) is 0. The predicted octanol–water partition coefficient (Wildman–Crippen LogP) is 19.9. The molecule has 0 rings (SSSR count). The van der Waals surface area contributed by atoms with Gasteiger partial charge in [-0.05, 0) is 56.8 Å². The van der Waals surface area contributed by atoms with Gasteiger partial charge >= 0.3 is 0 Å². The average Bonchev–Trinajstić information content (AvgIpc) is 3.25. The molecule has 0 aromatic heterocycles. The normalized spacial score (nSPS) is 12.6. The van der Waals surface area contributed by atoms with Crippen molar-refractivity contribution < 1.29 is 17.5 Å². The molecule has 0 atom stereocenters. The first-order chi connectivity index (χ1) is 30.4. The van der Waals surface area contributed by atoms with E-state index in [0.717, 1.165) is 19.3 Å². The summed E-state index contributed by atoms with van der Waals surface area (Å²) in [6, 6.07) is 0. The van der Waals surface area contributed by atoms with Crippen molar-refractivity contribution in [1.82, 2.24) is 0 Å². The molecule has 0 aliphatic carbocycles. The highest BCUT2D eigenvalue weighted by Crippen LogP contribution is 2.20. The highest BCUT2D eigenvalue weighted by Gasteiger charge is 2.19. The lowest BCUT2D eigenvalue weighted by molar-refractivity contribution is -0.773. The number of quaternary nitrogens is 1. The van der Waals surface area contributed by atoms with Gasteiger partial charge in [0.05, 0.1) is 16.7 Å². The van der Waals surface area contributed by atoms with Gasteiger partial charge in [0.15, 0.2) is 0 Å². The number of nitrogens with zero attached hydrogens (tertiary/aromatic N) is 1. The zero-order valence-corrected chi connectivity index (χ0v) is 43.3. The van der Waals surface area contributed by atoms with Crippen molar-refractivity contribution >= 4 is 10.1 Å². The molecule has 0 aliphatic heterocycles. The minimum Gasteiger partial charge on any atom is -0.748 e. The lowest BCUT2D eigenvalue weighted by atomic mass is 10.0. The average molecular weight is 891 g/mol. The van der Waals surface area contributed by atoms with Crippen LogP contribution in [0.1, 0.15) is 316 Å². The molecule has 62 heavy (non-hydrogen) atoms. The molecule has 0 aliphatic rings. The summed E-state index contributed by atoms with van der Waals surface area (Å²) in [6.45, 7) is 7.49. The second-order valence-electron chi connectivity index (χ2n) is 19.6. The van der Waals surface area contributed by atoms with Crippen LogP contribution in [-0.4, -0.2) is 29.8 Å². The molecular weight excluding hydrogens is 779 g/mol. The van der Waals surface area contributed by atoms with E-state index in [-0.39, 0.29) is 5.75 Å². The molecule has 0 unspecified atom stereocenters. The molecule has 368 valence electrons. The van der Waals surface area contributed by atoms with Crippen LogP contribution in [0.3, 0.4) is 0 Å². The Bertz CT molecular complexity index is 963. The van der Waals surface area contributed by atoms with Gasteiger partial charge in [-0.2, -0.15) is 0 Å². The Labute approximate surface area is 391 Å². The van der Waals surface area contributed by atoms with Gasteiger partial charge in [-0.15, -0.1) is 0 Å². The van der Waals surface area contributed by atoms with Crippen molar-refractivity contribution in [2.75, 3.05) is 12.3 Å². The van der Waals surface area contributed by atoms with E-state index in [2.05, 4.69) is 57.6 Å². The number of rotatable bonds is 52. The second-order valence-corrected chi connectivity index (χ2v) is 21.2. The fourth-order valence-corrected chi connectivity index (χ4v) is 9.55. The van der Waals surface area contributed by atoms with E-state index in [1.165, 1.54) is 270 Å². The Balaban J connectivity index is 4.91. The lowest BCUT2D eigenvalue weighted by Crippen LogP contribution is -2.33. The number of hydrogen-bond acceptors (Lipinski definition) is 3. The molecule has 0 radical (unpaired) electrons. The fourth-order valence-electron chi connectivity index (χ4n) is 9.07. The molecule has 4 nitrogen and oxygen atoms in total. The summed E-state index contributed by atoms with van der Waals surface area (Å²) in [7, 11) is -4.23. The van der Waals surface area contributed by atoms with Crippen LogP contribution in [0.5, 0.6) is 0 Å². The van der Waals surface area contributed by atoms with E-state index in [9.17, 15) is 13.0 Å². The smallest absolute Gasteiger partial charge is 0.101 e. The van der Waals surface area contributed by atoms with Crippen LogP contribution in [0.25, 0.3) is 0 Å². The van der Waals surface area contributed by atoms with Gasteiger partial charge in [0.2, 0.25) is 0 Å². The number of allylic oxidation sites excluding steroid dienone is 3. The van der Waals surface area contributed by atoms with Crippen LogP contribution in [0.15, 0.2) is 36.8 Å². The highest BCUT2D eigenvalue weighted by molar-refractivity contribution is 7.85. The van der Waals surface area contributed by atoms with Gasteiger partial charge in [-0.3, -0.25) is 0 Å². The Morgan fingerprint density at radius 3 is 0.694 bits per heavy atom. The molecule has 0 amide bonds. The third-order valence-electron chi connectivity index (χ3n) is 13.3. The Kier molecular flexibility index (Phi) is 48.8. The summed E-state index contributed by atoms with van der Waals surface area (Å²) < 4.78 is 35.5. The molecule has 0 heterocycles. The number of hydrogen-bond donors (Lipinski definition) is 0. The molecule has 0 bridgehead atoms. The second kappa shape index (κ2) is 49.5. The summed E-state index contributed by atoms with van der Waals surface area (Å²) in [6.07, 6.45) is 75.0. The van der Waals surface area contributed by atoms with Crippen LogP contribution >= 0.6 is 0 Å². The van der Waals surface area contributed by atoms with Crippen molar-refractivity contribution in [3.8, 4) is 0 Å². The first kappa shape index (κ1) is 61.1. The minimum absolute atomic E-state index is 0.292. The van der Waals surface area contributed by atoms with Gasteiger partial charge in [0.1, 0.15) is 18.6 Å². The quantitative estimate of drug-likeness (QED) is 0.0347. The maximum atomic E-state index is 11.7. The summed E-state index contributed by atoms with van der Waals surface area (Å²) in [5.41, 5.74) is 0. The molecule has 0 saturated heterocycles. The van der Waals surface area contributed by atoms with Gasteiger partial charge in [-0.1, -0.05) is 271 Å². The van der Waals surface area contributed by atoms with Crippen LogP contribution in [-0.2, 0) is 10.1 Å². The van der Waals surface area contributed by atoms with Crippen LogP contribution in [0, 0.1) is 0 Å². The van der Waals surface area contributed by atoms with Crippen LogP contribution in [0.4, 0.5) is 0 Å². The Hall–Kier alpha value is -0.910. The van der Waals surface area contributed by atoms with E-state index in [4.69, 9.17) is 0 Å². The van der Waals surface area contributed by atoms with E-state index >= 15 is 0 Å². The first-order valence-corrected chi connectivity index (χ1v) is 29.8. The maximum absolute atomic E-state index is 11.7. The monoisotopic (exact) mass is 890 g/mol. The number of unbranched alkanes of at least 4 members (excludes halogenated alkanes) is 42. The Morgan fingerprint density at radius 2 is 0.500 bits per heavy atom. The summed E-state index contributed by atoms with van der Waals surface area (Å²) >= 11 is 0. The van der Waals surface area contributed by atoms with E-state index < -0.39 is 10.1 Å². The van der Waals surface area contributed by atoms with Gasteiger partial charge in [-0.25, -0.2) is 12.9 Å². The molecule has 0 fully saturated rings. The van der Waals surface area contributed by atoms with Crippen LogP contribution < -0.4 is 0 Å². The van der Waals surface area contributed by atoms with Crippen LogP contribution in [0.2, 0.25) is 0 Å². The van der Waals surface area contributed by atoms with Gasteiger partial charge in [0.25, 0.3) is 0 Å². The lowest BCUT2D eigenvalue weighted by Gasteiger charge is -2.27. The third-order valence-corrected chi connectivity index (χ3v) is 14.1. The first-order valence-electron chi connectivity index (χ1n) is 28.2. The standard InChI is InChI=1S/C57H111NO3S/c1-4-7-10-13-16-19-22-25-28-31-34-37-40-43-46-49-53-58(56-52-57-62(59,60)61,54-50-47-44-41-38-35-32-29-26-23-20-17-14-11-8-5-2)55-51-48-45-42-39-36-33-30-27-24-21-18-15-12-9-6-3/h49-51,53-55H,4-48,52,56-57H2,1-3H3/b53-49+,54-50+,55-51+. The Morgan fingerprint density at radius 1 is 0.306 bits per heavy atom. The summed E-state index contributed by atoms with van der Waals surface area (Å²) in [5.74, 6) is -0.292. The molecule has 0 N–H and O–H groups in total. The van der Waals surface area contributed by atoms with E-state index in [0.29, 0.717) is 17.4 Å². The largest absolute Gasteiger partial charge is 0.748 e. The predicted molar refractivity (Wildman–Crippen MR) is 277 cm³/mol. The van der Waals surface area contributed by atoms with Gasteiger partial charge in [0, 0.05) is 12.2 Å². The van der Waals surface area contributed by atoms with Crippen molar-refractivity contribution in [1.29, 1.82) is 0 Å². The molecular formula is C57H111NO3S. The topological polar surface area (TPSA) is 57.2 Å². The van der Waals surface area contributed by atoms with Gasteiger partial charge < -0.3 is 4.55 Å². The van der Waals surface area contributed by atoms with Crippen molar-refractivity contribution in [2.24, 2.45) is 0 Å². The van der Waals surface area contributed by atoms with E-state index in [1.54, 1.807) is 0 Å². The van der Waals surface area contributed by atoms with E-state index in [1.807, 2.05) is 0 Å². The third kappa shape index (κ3) is 48.5. The summed E-state index contributed by atoms with van der Waals surface area (Å²) in [5, 5.41) is 0. The maximum Gasteiger partial charge on any atom is 0.101 e. The molecule has 0 aromatic rings. The van der Waals surface area contributed by atoms with Crippen molar-refractivity contribution in [2.45, 2.75) is 316 Å². The zero-order chi connectivity index (χ0) is 45.2. The fraction of sp³-hybridized carbons (Fsp3) is 0.895. The zero-order valence-electron chi connectivity index (χ0n) is 42.5. The highest BCUT2D eigenvalue weighted by atomic mass is 32.2. The molecule has 5 heteroatoms. The SMILES string of the molecule is CCCCCCCCCCCCCCCC/C=C/[N+](/C=C/CCCCCCCCCCCCCCCC)(/C=C/CCCCCCCCCCCCCCCC)CCCS(=O)(=O)[O-]. The minimum atomic E-state index is -4.23. The molecule has 0 spiro atoms.